The summed E-state index contributed by atoms with van der Waals surface area (Å²) in [5, 5.41) is 19.1. The molecule has 1 rings (SSSR count). The van der Waals surface area contributed by atoms with E-state index in [1.807, 2.05) is 26.8 Å². The van der Waals surface area contributed by atoms with Crippen LogP contribution in [0.4, 0.5) is 0 Å². The fraction of sp³-hybridized carbons (Fsp3) is 0.667. The molecule has 0 spiro atoms. The van der Waals surface area contributed by atoms with Crippen LogP contribution in [0, 0.1) is 16.7 Å². The predicted octanol–water partition coefficient (Wildman–Crippen LogP) is 4.64. The molecule has 1 aliphatic carbocycles. The van der Waals surface area contributed by atoms with Gasteiger partial charge in [-0.1, -0.05) is 69.6 Å². The van der Waals surface area contributed by atoms with Crippen LogP contribution in [-0.2, 0) is 9.59 Å². The summed E-state index contributed by atoms with van der Waals surface area (Å²) in [6.07, 6.45) is 4.53. The van der Waals surface area contributed by atoms with Gasteiger partial charge in [-0.25, -0.2) is 4.79 Å². The molecule has 2 unspecified atom stereocenters. The average Bonchev–Trinajstić information content (AvgIpc) is 2.26. The highest BCUT2D eigenvalue weighted by Gasteiger charge is 2.43. The smallest absolute Gasteiger partial charge is 0.332 e. The van der Waals surface area contributed by atoms with E-state index >= 15 is 0 Å². The Bertz CT molecular complexity index is 561. The van der Waals surface area contributed by atoms with Crippen molar-refractivity contribution in [2.24, 2.45) is 16.7 Å². The molecule has 0 fully saturated rings. The van der Waals surface area contributed by atoms with Crippen molar-refractivity contribution in [2.45, 2.75) is 58.7 Å². The Labute approximate surface area is 146 Å². The minimum atomic E-state index is -1.15. The van der Waals surface area contributed by atoms with E-state index in [1.54, 1.807) is 0 Å². The van der Waals surface area contributed by atoms with Crippen molar-refractivity contribution in [3.8, 4) is 0 Å². The van der Waals surface area contributed by atoms with Crippen LogP contribution < -0.4 is 0 Å². The van der Waals surface area contributed by atoms with Gasteiger partial charge in [0.25, 0.3) is 0 Å². The molecule has 23 heavy (non-hydrogen) atoms. The van der Waals surface area contributed by atoms with Crippen LogP contribution in [0.25, 0.3) is 0 Å². The van der Waals surface area contributed by atoms with Gasteiger partial charge in [-0.3, -0.25) is 4.79 Å². The highest BCUT2D eigenvalue weighted by molar-refractivity contribution is 9.10. The lowest BCUT2D eigenvalue weighted by atomic mass is 9.70. The topological polar surface area (TPSA) is 74.6 Å². The van der Waals surface area contributed by atoms with Crippen LogP contribution in [0.2, 0.25) is 0 Å². The summed E-state index contributed by atoms with van der Waals surface area (Å²) in [5.74, 6) is -3.38. The molecule has 0 bridgehead atoms. The summed E-state index contributed by atoms with van der Waals surface area (Å²) in [7, 11) is 0. The molecule has 2 N–H and O–H groups in total. The zero-order valence-electron chi connectivity index (χ0n) is 14.7. The minimum absolute atomic E-state index is 0.00366. The third-order valence-corrected chi connectivity index (χ3v) is 4.71. The minimum Gasteiger partial charge on any atom is -0.481 e. The molecule has 0 amide bonds. The van der Waals surface area contributed by atoms with Gasteiger partial charge in [-0.05, 0) is 29.2 Å². The standard InChI is InChI=1S/C18H27BrO4/c1-16(2,3)9-12-13(15(22)23)11(14(20)21)7-8-18(12,19)10-17(4,5)6/h7-8,11H,9-10H2,1-6H3,(H,20,21)(H,22,23). The lowest BCUT2D eigenvalue weighted by molar-refractivity contribution is -0.142. The molecule has 0 aromatic rings. The summed E-state index contributed by atoms with van der Waals surface area (Å²) >= 11 is 3.74. The molecule has 0 saturated carbocycles. The maximum Gasteiger partial charge on any atom is 0.332 e. The number of carboxylic acids is 2. The second-order valence-corrected chi connectivity index (χ2v) is 10.1. The van der Waals surface area contributed by atoms with Gasteiger partial charge in [-0.2, -0.15) is 0 Å². The number of aliphatic carboxylic acids is 2. The first-order chi connectivity index (χ1) is 10.2. The van der Waals surface area contributed by atoms with Crippen molar-refractivity contribution in [1.82, 2.24) is 0 Å². The lowest BCUT2D eigenvalue weighted by Crippen LogP contribution is -2.37. The highest BCUT2D eigenvalue weighted by Crippen LogP contribution is 2.49. The van der Waals surface area contributed by atoms with Gasteiger partial charge >= 0.3 is 11.9 Å². The van der Waals surface area contributed by atoms with Crippen molar-refractivity contribution in [2.75, 3.05) is 0 Å². The number of allylic oxidation sites excluding steroid dienone is 2. The summed E-state index contributed by atoms with van der Waals surface area (Å²) in [4.78, 5) is 23.4. The fourth-order valence-electron chi connectivity index (χ4n) is 3.03. The predicted molar refractivity (Wildman–Crippen MR) is 94.7 cm³/mol. The van der Waals surface area contributed by atoms with Gasteiger partial charge in [0.15, 0.2) is 0 Å². The van der Waals surface area contributed by atoms with Crippen LogP contribution in [-0.4, -0.2) is 26.5 Å². The van der Waals surface area contributed by atoms with Crippen LogP contribution in [0.5, 0.6) is 0 Å². The van der Waals surface area contributed by atoms with Crippen LogP contribution in [0.1, 0.15) is 54.4 Å². The van der Waals surface area contributed by atoms with Gasteiger partial charge in [0, 0.05) is 0 Å². The second-order valence-electron chi connectivity index (χ2n) is 8.71. The molecule has 0 aliphatic heterocycles. The monoisotopic (exact) mass is 386 g/mol. The molecule has 4 nitrogen and oxygen atoms in total. The Balaban J connectivity index is 3.56. The zero-order chi connectivity index (χ0) is 18.2. The van der Waals surface area contributed by atoms with Crippen molar-refractivity contribution in [3.63, 3.8) is 0 Å². The Kier molecular flexibility index (Phi) is 5.57. The molecular formula is C18H27BrO4. The lowest BCUT2D eigenvalue weighted by Gasteiger charge is -2.40. The Morgan fingerprint density at radius 2 is 1.65 bits per heavy atom. The molecule has 0 aromatic heterocycles. The van der Waals surface area contributed by atoms with Crippen molar-refractivity contribution in [1.29, 1.82) is 0 Å². The first-order valence-electron chi connectivity index (χ1n) is 7.74. The molecular weight excluding hydrogens is 360 g/mol. The van der Waals surface area contributed by atoms with E-state index in [2.05, 4.69) is 36.7 Å². The van der Waals surface area contributed by atoms with E-state index in [9.17, 15) is 19.8 Å². The number of alkyl halides is 1. The molecule has 0 aromatic carbocycles. The summed E-state index contributed by atoms with van der Waals surface area (Å²) in [6.45, 7) is 12.3. The van der Waals surface area contributed by atoms with E-state index in [-0.39, 0.29) is 16.4 Å². The molecule has 2 atom stereocenters. The number of halogens is 1. The van der Waals surface area contributed by atoms with Gasteiger partial charge in [-0.15, -0.1) is 0 Å². The number of rotatable bonds is 4. The first-order valence-corrected chi connectivity index (χ1v) is 8.53. The third kappa shape index (κ3) is 5.20. The van der Waals surface area contributed by atoms with Crippen LogP contribution in [0.15, 0.2) is 23.3 Å². The van der Waals surface area contributed by atoms with Crippen molar-refractivity contribution < 1.29 is 19.8 Å². The third-order valence-electron chi connectivity index (χ3n) is 3.68. The van der Waals surface area contributed by atoms with Gasteiger partial charge < -0.3 is 10.2 Å². The van der Waals surface area contributed by atoms with Crippen molar-refractivity contribution in [3.05, 3.63) is 23.3 Å². The Hall–Kier alpha value is -1.10. The number of carboxylic acid groups (broad SMARTS) is 2. The zero-order valence-corrected chi connectivity index (χ0v) is 16.3. The Morgan fingerprint density at radius 1 is 1.13 bits per heavy atom. The molecule has 0 saturated heterocycles. The Morgan fingerprint density at radius 3 is 2.00 bits per heavy atom. The second kappa shape index (κ2) is 6.42. The fourth-order valence-corrected chi connectivity index (χ4v) is 4.38. The van der Waals surface area contributed by atoms with E-state index in [1.165, 1.54) is 6.08 Å². The molecule has 0 radical (unpaired) electrons. The number of hydrogen-bond donors (Lipinski definition) is 2. The molecule has 1 aliphatic rings. The van der Waals surface area contributed by atoms with E-state index in [4.69, 9.17) is 0 Å². The van der Waals surface area contributed by atoms with Crippen LogP contribution in [0.3, 0.4) is 0 Å². The SMILES string of the molecule is CC(C)(C)CC1=C(C(=O)O)C(C(=O)O)C=CC1(Br)CC(C)(C)C. The van der Waals surface area contributed by atoms with Gasteiger partial charge in [0.2, 0.25) is 0 Å². The highest BCUT2D eigenvalue weighted by atomic mass is 79.9. The summed E-state index contributed by atoms with van der Waals surface area (Å²) < 4.78 is -0.627. The van der Waals surface area contributed by atoms with E-state index in [0.717, 1.165) is 0 Å². The molecule has 130 valence electrons. The van der Waals surface area contributed by atoms with Crippen molar-refractivity contribution >= 4 is 27.9 Å². The van der Waals surface area contributed by atoms with Gasteiger partial charge in [0.05, 0.1) is 9.90 Å². The van der Waals surface area contributed by atoms with E-state index < -0.39 is 22.2 Å². The number of hydrogen-bond acceptors (Lipinski definition) is 2. The maximum atomic E-state index is 11.8. The normalized spacial score (nSPS) is 25.6. The molecule has 0 heterocycles. The maximum absolute atomic E-state index is 11.8. The molecule has 5 heteroatoms. The summed E-state index contributed by atoms with van der Waals surface area (Å²) in [6, 6.07) is 0. The average molecular weight is 387 g/mol. The number of carbonyl (C=O) groups is 2. The summed E-state index contributed by atoms with van der Waals surface area (Å²) in [5.41, 5.74) is 0.469. The van der Waals surface area contributed by atoms with Gasteiger partial charge in [0.1, 0.15) is 5.92 Å². The first kappa shape index (κ1) is 19.9. The van der Waals surface area contributed by atoms with E-state index in [0.29, 0.717) is 18.4 Å². The largest absolute Gasteiger partial charge is 0.481 e. The quantitative estimate of drug-likeness (QED) is 0.544. The van der Waals surface area contributed by atoms with Crippen LogP contribution >= 0.6 is 15.9 Å².